The van der Waals surface area contributed by atoms with Gasteiger partial charge in [-0.15, -0.1) is 0 Å². The summed E-state index contributed by atoms with van der Waals surface area (Å²) >= 11 is 0. The van der Waals surface area contributed by atoms with Crippen LogP contribution >= 0.6 is 0 Å². The number of amides is 1. The molecule has 0 fully saturated rings. The van der Waals surface area contributed by atoms with Gasteiger partial charge in [0.25, 0.3) is 0 Å². The standard InChI is InChI=1S/C15H23NO4S/c1-4-16(12-15(2,3)18)14(17)10-11-21(19,20)13-8-6-5-7-9-13/h5-9,18H,4,10-12H2,1-3H3. The summed E-state index contributed by atoms with van der Waals surface area (Å²) in [4.78, 5) is 13.8. The van der Waals surface area contributed by atoms with Crippen molar-refractivity contribution in [1.82, 2.24) is 4.90 Å². The van der Waals surface area contributed by atoms with Crippen molar-refractivity contribution >= 4 is 15.7 Å². The second-order valence-corrected chi connectivity index (χ2v) is 7.71. The highest BCUT2D eigenvalue weighted by atomic mass is 32.2. The summed E-state index contributed by atoms with van der Waals surface area (Å²) in [5.41, 5.74) is -0.996. The molecule has 0 aromatic heterocycles. The van der Waals surface area contributed by atoms with E-state index in [4.69, 9.17) is 0 Å². The number of hydrogen-bond donors (Lipinski definition) is 1. The SMILES string of the molecule is CCN(CC(C)(C)O)C(=O)CCS(=O)(=O)c1ccccc1. The Bertz CT molecular complexity index is 561. The van der Waals surface area contributed by atoms with Gasteiger partial charge < -0.3 is 10.0 Å². The number of benzene rings is 1. The van der Waals surface area contributed by atoms with Gasteiger partial charge in [0.2, 0.25) is 5.91 Å². The third kappa shape index (κ3) is 5.85. The van der Waals surface area contributed by atoms with Crippen molar-refractivity contribution in [2.45, 2.75) is 37.7 Å². The summed E-state index contributed by atoms with van der Waals surface area (Å²) in [6.45, 7) is 5.66. The van der Waals surface area contributed by atoms with Crippen LogP contribution in [0.15, 0.2) is 35.2 Å². The number of nitrogens with zero attached hydrogens (tertiary/aromatic N) is 1. The summed E-state index contributed by atoms with van der Waals surface area (Å²) in [6.07, 6.45) is -0.0822. The fraction of sp³-hybridized carbons (Fsp3) is 0.533. The molecule has 1 aromatic carbocycles. The maximum absolute atomic E-state index is 12.1. The van der Waals surface area contributed by atoms with E-state index in [9.17, 15) is 18.3 Å². The molecule has 0 unspecified atom stereocenters. The zero-order chi connectivity index (χ0) is 16.1. The molecule has 0 heterocycles. The molecule has 0 spiro atoms. The average Bonchev–Trinajstić information content (AvgIpc) is 2.42. The average molecular weight is 313 g/mol. The highest BCUT2D eigenvalue weighted by Crippen LogP contribution is 2.13. The van der Waals surface area contributed by atoms with Crippen LogP contribution in [0.2, 0.25) is 0 Å². The van der Waals surface area contributed by atoms with E-state index in [1.807, 2.05) is 0 Å². The molecule has 0 saturated heterocycles. The van der Waals surface area contributed by atoms with Gasteiger partial charge in [-0.25, -0.2) is 8.42 Å². The quantitative estimate of drug-likeness (QED) is 0.827. The number of sulfone groups is 1. The summed E-state index contributed by atoms with van der Waals surface area (Å²) in [5, 5.41) is 9.76. The Balaban J connectivity index is 2.67. The molecule has 118 valence electrons. The lowest BCUT2D eigenvalue weighted by atomic mass is 10.1. The van der Waals surface area contributed by atoms with Gasteiger partial charge in [-0.3, -0.25) is 4.79 Å². The van der Waals surface area contributed by atoms with Crippen LogP contribution in [0, 0.1) is 0 Å². The van der Waals surface area contributed by atoms with E-state index in [1.54, 1.807) is 39.0 Å². The van der Waals surface area contributed by atoms with Gasteiger partial charge in [0.15, 0.2) is 9.84 Å². The number of aliphatic hydroxyl groups is 1. The molecule has 0 saturated carbocycles. The molecule has 0 aliphatic rings. The second kappa shape index (κ2) is 7.04. The maximum Gasteiger partial charge on any atom is 0.223 e. The van der Waals surface area contributed by atoms with E-state index in [0.29, 0.717) is 6.54 Å². The van der Waals surface area contributed by atoms with Gasteiger partial charge in [-0.1, -0.05) is 18.2 Å². The third-order valence-corrected chi connectivity index (χ3v) is 4.73. The Morgan fingerprint density at radius 1 is 1.24 bits per heavy atom. The number of likely N-dealkylation sites (N-methyl/N-ethyl adjacent to an activating group) is 1. The van der Waals surface area contributed by atoms with E-state index in [2.05, 4.69) is 0 Å². The zero-order valence-corrected chi connectivity index (χ0v) is 13.6. The van der Waals surface area contributed by atoms with Crippen molar-refractivity contribution in [3.8, 4) is 0 Å². The summed E-state index contributed by atoms with van der Waals surface area (Å²) in [7, 11) is -3.45. The first-order valence-electron chi connectivity index (χ1n) is 6.93. The van der Waals surface area contributed by atoms with Crippen molar-refractivity contribution in [1.29, 1.82) is 0 Å². The smallest absolute Gasteiger partial charge is 0.223 e. The van der Waals surface area contributed by atoms with Gasteiger partial charge in [0.05, 0.1) is 16.2 Å². The van der Waals surface area contributed by atoms with Crippen molar-refractivity contribution in [2.75, 3.05) is 18.8 Å². The first-order valence-corrected chi connectivity index (χ1v) is 8.59. The van der Waals surface area contributed by atoms with Crippen LogP contribution in [-0.4, -0.2) is 48.8 Å². The van der Waals surface area contributed by atoms with Gasteiger partial charge in [0, 0.05) is 19.5 Å². The van der Waals surface area contributed by atoms with Crippen molar-refractivity contribution in [2.24, 2.45) is 0 Å². The number of carbonyl (C=O) groups excluding carboxylic acids is 1. The molecular weight excluding hydrogens is 290 g/mol. The fourth-order valence-corrected chi connectivity index (χ4v) is 3.22. The topological polar surface area (TPSA) is 74.7 Å². The first-order chi connectivity index (χ1) is 9.65. The highest BCUT2D eigenvalue weighted by Gasteiger charge is 2.23. The molecule has 0 aliphatic carbocycles. The lowest BCUT2D eigenvalue weighted by Crippen LogP contribution is -2.42. The molecule has 1 aromatic rings. The van der Waals surface area contributed by atoms with Gasteiger partial charge in [0.1, 0.15) is 0 Å². The lowest BCUT2D eigenvalue weighted by Gasteiger charge is -2.28. The van der Waals surface area contributed by atoms with Crippen LogP contribution in [0.5, 0.6) is 0 Å². The van der Waals surface area contributed by atoms with Crippen LogP contribution in [-0.2, 0) is 14.6 Å². The van der Waals surface area contributed by atoms with E-state index < -0.39 is 15.4 Å². The van der Waals surface area contributed by atoms with E-state index in [-0.39, 0.29) is 29.5 Å². The summed E-state index contributed by atoms with van der Waals surface area (Å²) in [5.74, 6) is -0.489. The molecule has 1 rings (SSSR count). The summed E-state index contributed by atoms with van der Waals surface area (Å²) in [6, 6.07) is 8.09. The van der Waals surface area contributed by atoms with Crippen molar-refractivity contribution in [3.63, 3.8) is 0 Å². The van der Waals surface area contributed by atoms with Crippen molar-refractivity contribution in [3.05, 3.63) is 30.3 Å². The van der Waals surface area contributed by atoms with Gasteiger partial charge in [-0.05, 0) is 32.9 Å². The fourth-order valence-electron chi connectivity index (χ4n) is 1.97. The second-order valence-electron chi connectivity index (χ2n) is 5.60. The number of hydrogen-bond acceptors (Lipinski definition) is 4. The number of carbonyl (C=O) groups is 1. The molecule has 0 aliphatic heterocycles. The number of rotatable bonds is 7. The molecular formula is C15H23NO4S. The Labute approximate surface area is 126 Å². The Morgan fingerprint density at radius 2 is 1.81 bits per heavy atom. The van der Waals surface area contributed by atoms with Crippen LogP contribution < -0.4 is 0 Å². The minimum atomic E-state index is -3.45. The molecule has 6 heteroatoms. The molecule has 1 N–H and O–H groups in total. The van der Waals surface area contributed by atoms with Crippen LogP contribution in [0.4, 0.5) is 0 Å². The molecule has 5 nitrogen and oxygen atoms in total. The Morgan fingerprint density at radius 3 is 2.29 bits per heavy atom. The summed E-state index contributed by atoms with van der Waals surface area (Å²) < 4.78 is 24.2. The van der Waals surface area contributed by atoms with E-state index in [1.165, 1.54) is 17.0 Å². The molecule has 0 bridgehead atoms. The minimum absolute atomic E-state index is 0.0822. The lowest BCUT2D eigenvalue weighted by molar-refractivity contribution is -0.133. The van der Waals surface area contributed by atoms with Gasteiger partial charge in [-0.2, -0.15) is 0 Å². The Kier molecular flexibility index (Phi) is 5.92. The predicted molar refractivity (Wildman–Crippen MR) is 81.7 cm³/mol. The van der Waals surface area contributed by atoms with E-state index in [0.717, 1.165) is 0 Å². The molecule has 0 radical (unpaired) electrons. The van der Waals surface area contributed by atoms with Crippen LogP contribution in [0.25, 0.3) is 0 Å². The van der Waals surface area contributed by atoms with Crippen molar-refractivity contribution < 1.29 is 18.3 Å². The normalized spacial score (nSPS) is 12.2. The minimum Gasteiger partial charge on any atom is -0.389 e. The van der Waals surface area contributed by atoms with Crippen LogP contribution in [0.3, 0.4) is 0 Å². The third-order valence-electron chi connectivity index (χ3n) is 3.00. The molecule has 1 amide bonds. The highest BCUT2D eigenvalue weighted by molar-refractivity contribution is 7.91. The monoisotopic (exact) mass is 313 g/mol. The largest absolute Gasteiger partial charge is 0.389 e. The first kappa shape index (κ1) is 17.7. The zero-order valence-electron chi connectivity index (χ0n) is 12.7. The Hall–Kier alpha value is -1.40. The molecule has 0 atom stereocenters. The maximum atomic E-state index is 12.1. The van der Waals surface area contributed by atoms with E-state index >= 15 is 0 Å². The predicted octanol–water partition coefficient (Wildman–Crippen LogP) is 1.47. The van der Waals surface area contributed by atoms with Crippen LogP contribution in [0.1, 0.15) is 27.2 Å². The van der Waals surface area contributed by atoms with Gasteiger partial charge >= 0.3 is 0 Å². The molecule has 21 heavy (non-hydrogen) atoms.